The van der Waals surface area contributed by atoms with Gasteiger partial charge in [0, 0.05) is 22.7 Å². The van der Waals surface area contributed by atoms with E-state index >= 15 is 0 Å². The van der Waals surface area contributed by atoms with Crippen LogP contribution in [0.25, 0.3) is 0 Å². The minimum atomic E-state index is -0.463. The number of carbonyl (C=O) groups excluding carboxylic acids is 1. The second-order valence-electron chi connectivity index (χ2n) is 4.27. The van der Waals surface area contributed by atoms with Gasteiger partial charge in [-0.15, -0.1) is 0 Å². The lowest BCUT2D eigenvalue weighted by Crippen LogP contribution is -2.10. The zero-order valence-corrected chi connectivity index (χ0v) is 11.8. The fourth-order valence-corrected chi connectivity index (χ4v) is 1.94. The molecule has 0 bridgehead atoms. The molecule has 0 saturated carbocycles. The van der Waals surface area contributed by atoms with Crippen molar-refractivity contribution in [2.75, 3.05) is 7.05 Å². The quantitative estimate of drug-likeness (QED) is 0.890. The lowest BCUT2D eigenvalue weighted by Gasteiger charge is -2.11. The number of hydrogen-bond donors (Lipinski definition) is 2. The van der Waals surface area contributed by atoms with Crippen molar-refractivity contribution in [3.63, 3.8) is 0 Å². The van der Waals surface area contributed by atoms with E-state index in [1.54, 1.807) is 30.3 Å². The third-order valence-electron chi connectivity index (χ3n) is 2.76. The average Bonchev–Trinajstić information content (AvgIpc) is 2.42. The zero-order valence-electron chi connectivity index (χ0n) is 11.0. The normalized spacial score (nSPS) is 10.3. The summed E-state index contributed by atoms with van der Waals surface area (Å²) >= 11 is 5.99. The summed E-state index contributed by atoms with van der Waals surface area (Å²) in [5.41, 5.74) is 6.63. The van der Waals surface area contributed by atoms with Crippen molar-refractivity contribution < 1.29 is 9.53 Å². The number of nitrogens with one attached hydrogen (secondary N) is 1. The summed E-state index contributed by atoms with van der Waals surface area (Å²) in [4.78, 5) is 11.0. The van der Waals surface area contributed by atoms with Gasteiger partial charge >= 0.3 is 0 Å². The van der Waals surface area contributed by atoms with Crippen molar-refractivity contribution in [3.05, 3.63) is 58.6 Å². The van der Waals surface area contributed by atoms with Gasteiger partial charge in [0.1, 0.15) is 11.5 Å². The Morgan fingerprint density at radius 3 is 2.55 bits per heavy atom. The molecule has 0 aromatic heterocycles. The molecule has 0 saturated heterocycles. The van der Waals surface area contributed by atoms with Gasteiger partial charge < -0.3 is 15.8 Å². The Kier molecular flexibility index (Phi) is 4.61. The standard InChI is InChI=1S/C15H15ClN2O2/c1-18-9-11-2-5-12(16)8-14(11)20-13-6-3-10(4-7-13)15(17)19/h2-8,18H,9H2,1H3,(H2,17,19). The van der Waals surface area contributed by atoms with Crippen LogP contribution in [-0.2, 0) is 6.54 Å². The van der Waals surface area contributed by atoms with Gasteiger partial charge in [-0.1, -0.05) is 17.7 Å². The van der Waals surface area contributed by atoms with Gasteiger partial charge in [0.2, 0.25) is 5.91 Å². The van der Waals surface area contributed by atoms with Crippen LogP contribution in [0.15, 0.2) is 42.5 Å². The van der Waals surface area contributed by atoms with E-state index in [0.717, 1.165) is 5.56 Å². The molecule has 2 aromatic carbocycles. The Labute approximate surface area is 122 Å². The predicted octanol–water partition coefficient (Wildman–Crippen LogP) is 2.95. The number of carbonyl (C=O) groups is 1. The number of rotatable bonds is 5. The van der Waals surface area contributed by atoms with E-state index in [1.165, 1.54) is 0 Å². The van der Waals surface area contributed by atoms with Crippen LogP contribution >= 0.6 is 11.6 Å². The lowest BCUT2D eigenvalue weighted by molar-refractivity contribution is 0.100. The van der Waals surface area contributed by atoms with E-state index in [4.69, 9.17) is 22.1 Å². The first-order valence-electron chi connectivity index (χ1n) is 6.11. The molecule has 1 amide bonds. The van der Waals surface area contributed by atoms with Crippen LogP contribution in [0.5, 0.6) is 11.5 Å². The molecule has 2 rings (SSSR count). The maximum absolute atomic E-state index is 11.0. The van der Waals surface area contributed by atoms with Crippen LogP contribution in [-0.4, -0.2) is 13.0 Å². The van der Waals surface area contributed by atoms with Gasteiger partial charge in [-0.2, -0.15) is 0 Å². The average molecular weight is 291 g/mol. The Morgan fingerprint density at radius 2 is 1.95 bits per heavy atom. The number of primary amides is 1. The van der Waals surface area contributed by atoms with E-state index in [-0.39, 0.29) is 0 Å². The van der Waals surface area contributed by atoms with Crippen molar-refractivity contribution in [3.8, 4) is 11.5 Å². The van der Waals surface area contributed by atoms with E-state index in [0.29, 0.717) is 28.6 Å². The maximum Gasteiger partial charge on any atom is 0.248 e. The first kappa shape index (κ1) is 14.4. The topological polar surface area (TPSA) is 64.3 Å². The molecular formula is C15H15ClN2O2. The number of halogens is 1. The molecule has 0 heterocycles. The highest BCUT2D eigenvalue weighted by Crippen LogP contribution is 2.28. The summed E-state index contributed by atoms with van der Waals surface area (Å²) in [7, 11) is 1.86. The molecule has 2 aromatic rings. The molecule has 0 spiro atoms. The van der Waals surface area contributed by atoms with E-state index in [1.807, 2.05) is 19.2 Å². The van der Waals surface area contributed by atoms with Crippen molar-refractivity contribution in [1.29, 1.82) is 0 Å². The van der Waals surface area contributed by atoms with Crippen molar-refractivity contribution in [2.24, 2.45) is 5.73 Å². The van der Waals surface area contributed by atoms with Crippen LogP contribution in [0.2, 0.25) is 5.02 Å². The van der Waals surface area contributed by atoms with Gasteiger partial charge in [-0.05, 0) is 43.4 Å². The first-order valence-corrected chi connectivity index (χ1v) is 6.48. The van der Waals surface area contributed by atoms with Gasteiger partial charge in [-0.25, -0.2) is 0 Å². The van der Waals surface area contributed by atoms with E-state index in [2.05, 4.69) is 5.32 Å². The number of nitrogens with two attached hydrogens (primary N) is 1. The third-order valence-corrected chi connectivity index (χ3v) is 3.00. The molecule has 0 atom stereocenters. The number of benzene rings is 2. The molecule has 4 nitrogen and oxygen atoms in total. The smallest absolute Gasteiger partial charge is 0.248 e. The Hall–Kier alpha value is -2.04. The fraction of sp³-hybridized carbons (Fsp3) is 0.133. The molecule has 0 aliphatic carbocycles. The van der Waals surface area contributed by atoms with Crippen LogP contribution in [0.3, 0.4) is 0 Å². The third kappa shape index (κ3) is 3.50. The van der Waals surface area contributed by atoms with Crippen LogP contribution in [0, 0.1) is 0 Å². The van der Waals surface area contributed by atoms with Gasteiger partial charge in [0.05, 0.1) is 0 Å². The molecule has 20 heavy (non-hydrogen) atoms. The second-order valence-corrected chi connectivity index (χ2v) is 4.71. The molecule has 0 aliphatic rings. The Balaban J connectivity index is 2.24. The summed E-state index contributed by atoms with van der Waals surface area (Å²) < 4.78 is 5.80. The van der Waals surface area contributed by atoms with Crippen LogP contribution in [0.1, 0.15) is 15.9 Å². The van der Waals surface area contributed by atoms with Crippen LogP contribution in [0.4, 0.5) is 0 Å². The highest BCUT2D eigenvalue weighted by atomic mass is 35.5. The first-order chi connectivity index (χ1) is 9.60. The fourth-order valence-electron chi connectivity index (χ4n) is 1.77. The Morgan fingerprint density at radius 1 is 1.25 bits per heavy atom. The van der Waals surface area contributed by atoms with Crippen molar-refractivity contribution in [2.45, 2.75) is 6.54 Å². The number of amides is 1. The SMILES string of the molecule is CNCc1ccc(Cl)cc1Oc1ccc(C(N)=O)cc1. The summed E-state index contributed by atoms with van der Waals surface area (Å²) in [5.74, 6) is 0.837. The molecule has 3 N–H and O–H groups in total. The highest BCUT2D eigenvalue weighted by Gasteiger charge is 2.06. The number of hydrogen-bond acceptors (Lipinski definition) is 3. The highest BCUT2D eigenvalue weighted by molar-refractivity contribution is 6.30. The molecule has 0 aliphatic heterocycles. The van der Waals surface area contributed by atoms with Gasteiger partial charge in [-0.3, -0.25) is 4.79 Å². The van der Waals surface area contributed by atoms with E-state index < -0.39 is 5.91 Å². The maximum atomic E-state index is 11.0. The van der Waals surface area contributed by atoms with Gasteiger partial charge in [0.15, 0.2) is 0 Å². The molecule has 0 fully saturated rings. The molecule has 104 valence electrons. The Bertz CT molecular complexity index is 612. The van der Waals surface area contributed by atoms with Crippen LogP contribution < -0.4 is 15.8 Å². The molecular weight excluding hydrogens is 276 g/mol. The summed E-state index contributed by atoms with van der Waals surface area (Å²) in [6.07, 6.45) is 0. The molecule has 0 unspecified atom stereocenters. The monoisotopic (exact) mass is 290 g/mol. The second kappa shape index (κ2) is 6.41. The van der Waals surface area contributed by atoms with Crippen molar-refractivity contribution >= 4 is 17.5 Å². The zero-order chi connectivity index (χ0) is 14.5. The predicted molar refractivity (Wildman–Crippen MR) is 79.2 cm³/mol. The van der Waals surface area contributed by atoms with Crippen molar-refractivity contribution in [1.82, 2.24) is 5.32 Å². The summed E-state index contributed by atoms with van der Waals surface area (Å²) in [6.45, 7) is 0.672. The molecule has 5 heteroatoms. The number of ether oxygens (including phenoxy) is 1. The van der Waals surface area contributed by atoms with Gasteiger partial charge in [0.25, 0.3) is 0 Å². The lowest BCUT2D eigenvalue weighted by atomic mass is 10.2. The van der Waals surface area contributed by atoms with E-state index in [9.17, 15) is 4.79 Å². The summed E-state index contributed by atoms with van der Waals surface area (Å²) in [5, 5.41) is 3.67. The summed E-state index contributed by atoms with van der Waals surface area (Å²) in [6, 6.07) is 12.1. The largest absolute Gasteiger partial charge is 0.457 e. The minimum absolute atomic E-state index is 0.443. The minimum Gasteiger partial charge on any atom is -0.457 e. The molecule has 0 radical (unpaired) electrons.